The predicted octanol–water partition coefficient (Wildman–Crippen LogP) is -0.00450. The second-order valence-electron chi connectivity index (χ2n) is 0.886. The van der Waals surface area contributed by atoms with Gasteiger partial charge in [0, 0.05) is 0 Å². The summed E-state index contributed by atoms with van der Waals surface area (Å²) in [5.74, 6) is 0. The molecule has 0 spiro atoms. The first-order valence-electron chi connectivity index (χ1n) is 1.60. The summed E-state index contributed by atoms with van der Waals surface area (Å²) in [6.07, 6.45) is 0. The quantitative estimate of drug-likeness (QED) is 0.540. The van der Waals surface area contributed by atoms with Crippen molar-refractivity contribution in [2.45, 2.75) is 12.5 Å². The van der Waals surface area contributed by atoms with Gasteiger partial charge in [0.2, 0.25) is 0 Å². The Labute approximate surface area is 54.7 Å². The van der Waals surface area contributed by atoms with Crippen LogP contribution in [0.1, 0.15) is 6.92 Å². The van der Waals surface area contributed by atoms with Crippen molar-refractivity contribution in [3.63, 3.8) is 0 Å². The summed E-state index contributed by atoms with van der Waals surface area (Å²) in [6.45, 7) is 1.49. The molecule has 0 fully saturated rings. The second-order valence-corrected chi connectivity index (χ2v) is 3.46. The Bertz CT molecular complexity index is 73.3. The molecule has 7 heavy (non-hydrogen) atoms. The molecule has 0 bridgehead atoms. The van der Waals surface area contributed by atoms with Crippen LogP contribution in [0.3, 0.4) is 0 Å². The number of rotatable bonds is 2. The molecule has 5 heteroatoms. The van der Waals surface area contributed by atoms with Crippen molar-refractivity contribution in [2.24, 2.45) is 0 Å². The third-order valence-electron chi connectivity index (χ3n) is 0.235. The summed E-state index contributed by atoms with van der Waals surface area (Å²) in [6, 6.07) is 0. The van der Waals surface area contributed by atoms with E-state index in [1.807, 2.05) is 0 Å². The second kappa shape index (κ2) is 3.78. The summed E-state index contributed by atoms with van der Waals surface area (Å²) in [4.78, 5) is 0. The van der Waals surface area contributed by atoms with Gasteiger partial charge in [0.05, 0.1) is 0 Å². The molecule has 0 heterocycles. The Balaban J connectivity index is 3.13. The van der Waals surface area contributed by atoms with Gasteiger partial charge >= 0.3 is 54.5 Å². The molecule has 1 N–H and O–H groups in total. The van der Waals surface area contributed by atoms with Crippen molar-refractivity contribution in [2.75, 3.05) is 0 Å². The SMILES string of the molecule is CC(Cl)[O][Sb](=[O])[OH]. The van der Waals surface area contributed by atoms with Crippen LogP contribution in [-0.4, -0.2) is 30.0 Å². The standard InChI is InChI=1S/C2H4ClO.H2O.O.Sb/c1-2(3)4;;;/h2H,1H3;1H2;;/q-1;;;+2/p-1. The van der Waals surface area contributed by atoms with Crippen LogP contribution >= 0.6 is 11.6 Å². The fourth-order valence-corrected chi connectivity index (χ4v) is 1.29. The molecule has 43 valence electrons. The van der Waals surface area contributed by atoms with Gasteiger partial charge < -0.3 is 0 Å². The molecule has 0 aliphatic heterocycles. The Morgan fingerprint density at radius 1 is 2.00 bits per heavy atom. The first-order valence-corrected chi connectivity index (χ1v) is 5.26. The molecule has 1 unspecified atom stereocenters. The van der Waals surface area contributed by atoms with E-state index in [0.29, 0.717) is 0 Å². The maximum absolute atomic E-state index is 9.77. The molecule has 0 amide bonds. The van der Waals surface area contributed by atoms with Gasteiger partial charge in [-0.1, -0.05) is 0 Å². The van der Waals surface area contributed by atoms with E-state index in [4.69, 9.17) is 15.0 Å². The molecule has 1 radical (unpaired) electrons. The Hall–Kier alpha value is 0.828. The van der Waals surface area contributed by atoms with E-state index < -0.39 is 26.6 Å². The van der Waals surface area contributed by atoms with Crippen molar-refractivity contribution in [3.05, 3.63) is 0 Å². The molecule has 0 aliphatic rings. The van der Waals surface area contributed by atoms with Crippen molar-refractivity contribution in [3.8, 4) is 0 Å². The topological polar surface area (TPSA) is 46.5 Å². The Morgan fingerprint density at radius 3 is 2.43 bits per heavy atom. The van der Waals surface area contributed by atoms with Crippen molar-refractivity contribution < 1.29 is 9.42 Å². The molecule has 0 aromatic heterocycles. The molecular weight excluding hydrogens is 229 g/mol. The fourth-order valence-electron chi connectivity index (χ4n) is 0.124. The van der Waals surface area contributed by atoms with Gasteiger partial charge in [-0.25, -0.2) is 0 Å². The van der Waals surface area contributed by atoms with E-state index in [0.717, 1.165) is 0 Å². The van der Waals surface area contributed by atoms with Gasteiger partial charge in [-0.2, -0.15) is 0 Å². The van der Waals surface area contributed by atoms with Gasteiger partial charge in [0.15, 0.2) is 0 Å². The number of halogens is 1. The molecule has 0 aromatic carbocycles. The Kier molecular flexibility index (Phi) is 4.23. The van der Waals surface area contributed by atoms with Gasteiger partial charge in [0.1, 0.15) is 0 Å². The zero-order chi connectivity index (χ0) is 5.86. The first kappa shape index (κ1) is 7.83. The van der Waals surface area contributed by atoms with E-state index in [1.54, 1.807) is 0 Å². The summed E-state index contributed by atoms with van der Waals surface area (Å²) in [7, 11) is 0. The fraction of sp³-hybridized carbons (Fsp3) is 1.00. The van der Waals surface area contributed by atoms with E-state index in [-0.39, 0.29) is 0 Å². The predicted molar refractivity (Wildman–Crippen MR) is 25.1 cm³/mol. The normalized spacial score (nSPS) is 13.6. The summed E-state index contributed by atoms with van der Waals surface area (Å²) < 4.78 is 22.0. The minimum atomic E-state index is -3.46. The third kappa shape index (κ3) is 6.83. The van der Waals surface area contributed by atoms with Crippen LogP contribution in [0.2, 0.25) is 0 Å². The minimum absolute atomic E-state index is 0.634. The van der Waals surface area contributed by atoms with Crippen molar-refractivity contribution >= 4 is 32.6 Å². The first-order chi connectivity index (χ1) is 3.13. The van der Waals surface area contributed by atoms with Gasteiger partial charge in [-0.3, -0.25) is 0 Å². The van der Waals surface area contributed by atoms with Crippen LogP contribution in [0.15, 0.2) is 0 Å². The molecule has 0 aliphatic carbocycles. The summed E-state index contributed by atoms with van der Waals surface area (Å²) >= 11 is 1.67. The maximum atomic E-state index is 9.77. The average molecular weight is 234 g/mol. The van der Waals surface area contributed by atoms with Crippen LogP contribution < -0.4 is 0 Å². The van der Waals surface area contributed by atoms with Gasteiger partial charge in [-0.05, 0) is 0 Å². The van der Waals surface area contributed by atoms with Crippen LogP contribution in [-0.2, 0) is 6.03 Å². The van der Waals surface area contributed by atoms with Crippen molar-refractivity contribution in [1.29, 1.82) is 0 Å². The zero-order valence-electron chi connectivity index (χ0n) is 3.67. The molecule has 0 rings (SSSR count). The number of hydrogen-bond acceptors (Lipinski definition) is 2. The molecule has 0 saturated heterocycles. The van der Waals surface area contributed by atoms with Crippen molar-refractivity contribution in [1.82, 2.24) is 0 Å². The molecule has 0 saturated carbocycles. The van der Waals surface area contributed by atoms with Gasteiger partial charge in [-0.15, -0.1) is 0 Å². The van der Waals surface area contributed by atoms with E-state index in [2.05, 4.69) is 3.02 Å². The Morgan fingerprint density at radius 2 is 2.43 bits per heavy atom. The summed E-state index contributed by atoms with van der Waals surface area (Å²) in [5.41, 5.74) is -0.634. The molecular formula is C2H5ClO3Sb. The zero-order valence-corrected chi connectivity index (χ0v) is 6.97. The molecule has 1 atom stereocenters. The number of hydrogen-bond donors (Lipinski definition) is 1. The van der Waals surface area contributed by atoms with Crippen LogP contribution in [0.4, 0.5) is 0 Å². The van der Waals surface area contributed by atoms with Crippen LogP contribution in [0.25, 0.3) is 0 Å². The molecule has 0 aromatic rings. The van der Waals surface area contributed by atoms with Gasteiger partial charge in [0.25, 0.3) is 0 Å². The van der Waals surface area contributed by atoms with E-state index >= 15 is 0 Å². The number of alkyl halides is 1. The van der Waals surface area contributed by atoms with Crippen LogP contribution in [0.5, 0.6) is 0 Å². The average Bonchev–Trinajstić information content (AvgIpc) is 1.27. The van der Waals surface area contributed by atoms with Crippen LogP contribution in [0, 0.1) is 0 Å². The van der Waals surface area contributed by atoms with E-state index in [1.165, 1.54) is 6.92 Å². The van der Waals surface area contributed by atoms with E-state index in [9.17, 15) is 3.02 Å². The molecule has 3 nitrogen and oxygen atoms in total. The summed E-state index contributed by atoms with van der Waals surface area (Å²) in [5, 5.41) is 0. The third-order valence-corrected chi connectivity index (χ3v) is 2.11. The monoisotopic (exact) mass is 233 g/mol.